The highest BCUT2D eigenvalue weighted by Gasteiger charge is 2.74. The van der Waals surface area contributed by atoms with Crippen LogP contribution < -0.4 is 0 Å². The van der Waals surface area contributed by atoms with Gasteiger partial charge in [-0.2, -0.15) is 0 Å². The molecule has 0 aromatic carbocycles. The van der Waals surface area contributed by atoms with Crippen molar-refractivity contribution < 1.29 is 19.4 Å². The second kappa shape index (κ2) is 6.92. The molecular formula is C27H40O4. The molecule has 0 bridgehead atoms. The van der Waals surface area contributed by atoms with E-state index in [2.05, 4.69) is 34.6 Å². The zero-order chi connectivity index (χ0) is 22.3. The van der Waals surface area contributed by atoms with Crippen molar-refractivity contribution in [2.45, 2.75) is 85.2 Å². The highest BCUT2D eigenvalue weighted by Crippen LogP contribution is 2.74. The molecule has 10 unspecified atom stereocenters. The molecule has 0 aromatic rings. The summed E-state index contributed by atoms with van der Waals surface area (Å²) >= 11 is 0. The first-order valence-electron chi connectivity index (χ1n) is 12.7. The SMILES string of the molecule is CCC1C(C)C2(CCC(=O)O2)C2(C)C(C)CC3C(CC(CO)C4=CC(=O)CCC43C)C12. The number of ether oxygens (including phenoxy) is 1. The van der Waals surface area contributed by atoms with E-state index in [9.17, 15) is 14.7 Å². The molecule has 10 atom stereocenters. The number of hydrogen-bond acceptors (Lipinski definition) is 4. The van der Waals surface area contributed by atoms with Crippen LogP contribution in [-0.2, 0) is 14.3 Å². The number of hydrogen-bond donors (Lipinski definition) is 1. The van der Waals surface area contributed by atoms with Gasteiger partial charge >= 0.3 is 5.97 Å². The zero-order valence-electron chi connectivity index (χ0n) is 19.9. The van der Waals surface area contributed by atoms with Gasteiger partial charge in [-0.3, -0.25) is 9.59 Å². The number of carbonyl (C=O) groups excluding carboxylic acids is 2. The minimum Gasteiger partial charge on any atom is -0.458 e. The lowest BCUT2D eigenvalue weighted by molar-refractivity contribution is -0.188. The molecule has 1 heterocycles. The monoisotopic (exact) mass is 428 g/mol. The molecule has 1 aliphatic heterocycles. The Morgan fingerprint density at radius 1 is 1.13 bits per heavy atom. The van der Waals surface area contributed by atoms with E-state index in [1.807, 2.05) is 6.08 Å². The van der Waals surface area contributed by atoms with Gasteiger partial charge in [0.25, 0.3) is 0 Å². The maximum atomic E-state index is 12.4. The number of fused-ring (bicyclic) bond motifs is 6. The fraction of sp³-hybridized carbons (Fsp3) is 0.852. The molecule has 1 spiro atoms. The molecule has 3 saturated carbocycles. The smallest absolute Gasteiger partial charge is 0.306 e. The molecular weight excluding hydrogens is 388 g/mol. The quantitative estimate of drug-likeness (QED) is 0.633. The Morgan fingerprint density at radius 3 is 2.48 bits per heavy atom. The highest BCUT2D eigenvalue weighted by atomic mass is 16.6. The van der Waals surface area contributed by atoms with Crippen LogP contribution in [0.15, 0.2) is 11.6 Å². The van der Waals surface area contributed by atoms with Gasteiger partial charge in [-0.05, 0) is 72.7 Å². The van der Waals surface area contributed by atoms with Gasteiger partial charge in [0.05, 0.1) is 0 Å². The first-order valence-corrected chi connectivity index (χ1v) is 12.7. The third kappa shape index (κ3) is 2.52. The predicted octanol–water partition coefficient (Wildman–Crippen LogP) is 4.94. The number of rotatable bonds is 2. The molecule has 4 heteroatoms. The summed E-state index contributed by atoms with van der Waals surface area (Å²) in [5.74, 6) is 3.21. The Balaban J connectivity index is 1.64. The predicted molar refractivity (Wildman–Crippen MR) is 119 cm³/mol. The van der Waals surface area contributed by atoms with Crippen LogP contribution >= 0.6 is 0 Å². The molecule has 4 nitrogen and oxygen atoms in total. The molecule has 5 aliphatic rings. The molecule has 0 radical (unpaired) electrons. The first-order chi connectivity index (χ1) is 14.6. The van der Waals surface area contributed by atoms with Crippen molar-refractivity contribution in [3.8, 4) is 0 Å². The van der Waals surface area contributed by atoms with Crippen LogP contribution in [0.1, 0.15) is 79.6 Å². The van der Waals surface area contributed by atoms with Gasteiger partial charge in [0.15, 0.2) is 5.78 Å². The summed E-state index contributed by atoms with van der Waals surface area (Å²) in [4.78, 5) is 24.7. The van der Waals surface area contributed by atoms with Gasteiger partial charge in [-0.25, -0.2) is 0 Å². The first kappa shape index (κ1) is 21.7. The normalized spacial score (nSPS) is 53.6. The molecule has 1 saturated heterocycles. The van der Waals surface area contributed by atoms with Crippen molar-refractivity contribution in [1.82, 2.24) is 0 Å². The number of aliphatic hydroxyl groups is 1. The fourth-order valence-corrected chi connectivity index (χ4v) is 9.93. The third-order valence-corrected chi connectivity index (χ3v) is 11.4. The zero-order valence-corrected chi connectivity index (χ0v) is 19.9. The van der Waals surface area contributed by atoms with Gasteiger partial charge < -0.3 is 9.84 Å². The molecule has 0 amide bonds. The summed E-state index contributed by atoms with van der Waals surface area (Å²) in [6.45, 7) is 12.0. The maximum absolute atomic E-state index is 12.4. The van der Waals surface area contributed by atoms with E-state index in [-0.39, 0.29) is 40.7 Å². The molecule has 4 aliphatic carbocycles. The average Bonchev–Trinajstić information content (AvgIpc) is 3.22. The van der Waals surface area contributed by atoms with Crippen molar-refractivity contribution in [2.24, 2.45) is 52.3 Å². The average molecular weight is 429 g/mol. The minimum absolute atomic E-state index is 0.00342. The van der Waals surface area contributed by atoms with Gasteiger partial charge in [-0.1, -0.05) is 46.6 Å². The Morgan fingerprint density at radius 2 is 1.87 bits per heavy atom. The van der Waals surface area contributed by atoms with Crippen molar-refractivity contribution in [1.29, 1.82) is 0 Å². The van der Waals surface area contributed by atoms with E-state index in [0.717, 1.165) is 32.1 Å². The van der Waals surface area contributed by atoms with Crippen LogP contribution in [0.2, 0.25) is 0 Å². The number of esters is 1. The second-order valence-corrected chi connectivity index (χ2v) is 12.0. The van der Waals surface area contributed by atoms with E-state index >= 15 is 0 Å². The van der Waals surface area contributed by atoms with Gasteiger partial charge in [0.1, 0.15) is 5.60 Å². The Labute approximate surface area is 187 Å². The van der Waals surface area contributed by atoms with Crippen LogP contribution in [-0.4, -0.2) is 29.1 Å². The topological polar surface area (TPSA) is 63.6 Å². The van der Waals surface area contributed by atoms with Crippen molar-refractivity contribution in [2.75, 3.05) is 6.61 Å². The number of carbonyl (C=O) groups is 2. The van der Waals surface area contributed by atoms with E-state index in [0.29, 0.717) is 48.3 Å². The molecule has 5 rings (SSSR count). The van der Waals surface area contributed by atoms with Gasteiger partial charge in [0, 0.05) is 30.8 Å². The lowest BCUT2D eigenvalue weighted by atomic mass is 9.42. The lowest BCUT2D eigenvalue weighted by Crippen LogP contribution is -2.60. The summed E-state index contributed by atoms with van der Waals surface area (Å²) in [6.07, 6.45) is 8.06. The number of aliphatic hydroxyl groups excluding tert-OH is 1. The van der Waals surface area contributed by atoms with Crippen LogP contribution in [0, 0.1) is 52.3 Å². The van der Waals surface area contributed by atoms with E-state index < -0.39 is 0 Å². The Bertz CT molecular complexity index is 831. The summed E-state index contributed by atoms with van der Waals surface area (Å²) in [5.41, 5.74) is 0.865. The summed E-state index contributed by atoms with van der Waals surface area (Å²) in [6, 6.07) is 0. The van der Waals surface area contributed by atoms with Crippen molar-refractivity contribution in [3.05, 3.63) is 11.6 Å². The van der Waals surface area contributed by atoms with Crippen LogP contribution in [0.25, 0.3) is 0 Å². The Kier molecular flexibility index (Phi) is 4.84. The highest BCUT2D eigenvalue weighted by molar-refractivity contribution is 5.91. The molecule has 172 valence electrons. The van der Waals surface area contributed by atoms with Crippen molar-refractivity contribution in [3.63, 3.8) is 0 Å². The van der Waals surface area contributed by atoms with E-state index in [1.165, 1.54) is 5.57 Å². The summed E-state index contributed by atoms with van der Waals surface area (Å²) < 4.78 is 6.33. The van der Waals surface area contributed by atoms with Gasteiger partial charge in [-0.15, -0.1) is 0 Å². The maximum Gasteiger partial charge on any atom is 0.306 e. The fourth-order valence-electron chi connectivity index (χ4n) is 9.93. The van der Waals surface area contributed by atoms with E-state index in [4.69, 9.17) is 4.74 Å². The molecule has 31 heavy (non-hydrogen) atoms. The molecule has 4 fully saturated rings. The third-order valence-electron chi connectivity index (χ3n) is 11.4. The minimum atomic E-state index is -0.339. The second-order valence-electron chi connectivity index (χ2n) is 12.0. The van der Waals surface area contributed by atoms with Crippen LogP contribution in [0.3, 0.4) is 0 Å². The largest absolute Gasteiger partial charge is 0.458 e. The number of ketones is 1. The standard InChI is InChI=1S/C27H40O4/c1-6-19-16(3)27(10-8-23(30)31-27)26(5)15(2)11-22-20(24(19)26)12-17(14-28)21-13-18(29)7-9-25(21,22)4/h13,15-17,19-20,22,24,28H,6-12,14H2,1-5H3. The van der Waals surface area contributed by atoms with Crippen LogP contribution in [0.5, 0.6) is 0 Å². The summed E-state index contributed by atoms with van der Waals surface area (Å²) in [5, 5.41) is 10.4. The summed E-state index contributed by atoms with van der Waals surface area (Å²) in [7, 11) is 0. The Hall–Kier alpha value is -1.16. The van der Waals surface area contributed by atoms with Gasteiger partial charge in [0.2, 0.25) is 0 Å². The van der Waals surface area contributed by atoms with E-state index in [1.54, 1.807) is 0 Å². The van der Waals surface area contributed by atoms with Crippen LogP contribution in [0.4, 0.5) is 0 Å². The molecule has 1 N–H and O–H groups in total. The van der Waals surface area contributed by atoms with Crippen molar-refractivity contribution >= 4 is 11.8 Å². The lowest BCUT2D eigenvalue weighted by Gasteiger charge is -2.63. The molecule has 0 aromatic heterocycles.